The quantitative estimate of drug-likeness (QED) is 0.832. The van der Waals surface area contributed by atoms with Gasteiger partial charge in [-0.3, -0.25) is 4.98 Å². The highest BCUT2D eigenvalue weighted by molar-refractivity contribution is 6.72. The van der Waals surface area contributed by atoms with Gasteiger partial charge in [0, 0.05) is 5.92 Å². The van der Waals surface area contributed by atoms with Crippen LogP contribution >= 0.6 is 0 Å². The number of rotatable bonds is 4. The molecule has 4 nitrogen and oxygen atoms in total. The van der Waals surface area contributed by atoms with Crippen LogP contribution in [0.5, 0.6) is 0 Å². The molecule has 1 aliphatic carbocycles. The molecule has 1 aliphatic rings. The van der Waals surface area contributed by atoms with E-state index in [1.165, 1.54) is 19.3 Å². The largest absolute Gasteiger partial charge is 0.432 e. The minimum Gasteiger partial charge on any atom is -0.432 e. The van der Waals surface area contributed by atoms with Crippen molar-refractivity contribution in [3.8, 4) is 0 Å². The molecule has 0 aliphatic heterocycles. The second kappa shape index (κ2) is 6.05. The van der Waals surface area contributed by atoms with Gasteiger partial charge in [-0.2, -0.15) is 0 Å². The molecule has 2 rings (SSSR count). The molecule has 0 amide bonds. The Balaban J connectivity index is 2.03. The van der Waals surface area contributed by atoms with Crippen LogP contribution in [0.4, 0.5) is 5.82 Å². The maximum Gasteiger partial charge on any atom is 0.188 e. The van der Waals surface area contributed by atoms with E-state index in [2.05, 4.69) is 36.9 Å². The smallest absolute Gasteiger partial charge is 0.188 e. The first kappa shape index (κ1) is 16.4. The number of nitrogens with zero attached hydrogens (tertiary/aromatic N) is 2. The predicted molar refractivity (Wildman–Crippen MR) is 89.5 cm³/mol. The molecule has 0 radical (unpaired) electrons. The third kappa shape index (κ3) is 4.04. The fraction of sp³-hybridized carbons (Fsp3) is 0.750. The highest BCUT2D eigenvalue weighted by Gasteiger charge is 2.40. The molecule has 2 atom stereocenters. The summed E-state index contributed by atoms with van der Waals surface area (Å²) in [5.41, 5.74) is 6.69. The summed E-state index contributed by atoms with van der Waals surface area (Å²) in [4.78, 5) is 19.1. The van der Waals surface area contributed by atoms with Crippen molar-refractivity contribution in [2.45, 2.75) is 70.0 Å². The summed E-state index contributed by atoms with van der Waals surface area (Å²) in [5, 5.41) is 0.0619. The van der Waals surface area contributed by atoms with Gasteiger partial charge < -0.3 is 10.5 Å². The van der Waals surface area contributed by atoms with Gasteiger partial charge in [0.05, 0.1) is 18.1 Å². The Morgan fingerprint density at radius 2 is 2.00 bits per heavy atom. The van der Waals surface area contributed by atoms with Crippen molar-refractivity contribution in [1.29, 1.82) is 0 Å². The molecule has 3 N–H and O–H groups in total. The van der Waals surface area contributed by atoms with Gasteiger partial charge in [-0.1, -0.05) is 26.7 Å². The molecule has 0 aromatic carbocycles. The average Bonchev–Trinajstić information content (AvgIpc) is 2.38. The van der Waals surface area contributed by atoms with E-state index >= 15 is 0 Å². The molecule has 1 fully saturated rings. The summed E-state index contributed by atoms with van der Waals surface area (Å²) >= 11 is 0. The zero-order valence-corrected chi connectivity index (χ0v) is 14.8. The fourth-order valence-electron chi connectivity index (χ4n) is 3.28. The molecule has 1 aromatic heterocycles. The first-order valence-electron chi connectivity index (χ1n) is 7.99. The number of hydrogen-bond acceptors (Lipinski definition) is 4. The first-order chi connectivity index (χ1) is 9.69. The normalized spacial score (nSPS) is 24.0. The minimum atomic E-state index is -2.12. The van der Waals surface area contributed by atoms with Crippen molar-refractivity contribution >= 4 is 14.1 Å². The van der Waals surface area contributed by atoms with E-state index in [1.807, 2.05) is 6.20 Å². The highest BCUT2D eigenvalue weighted by atomic mass is 28.4. The maximum absolute atomic E-state index is 10.5. The summed E-state index contributed by atoms with van der Waals surface area (Å²) in [6.07, 6.45) is 9.46. The molecule has 0 bridgehead atoms. The van der Waals surface area contributed by atoms with E-state index in [-0.39, 0.29) is 5.04 Å². The van der Waals surface area contributed by atoms with Gasteiger partial charge >= 0.3 is 0 Å². The van der Waals surface area contributed by atoms with Crippen LogP contribution in [-0.2, 0) is 0 Å². The van der Waals surface area contributed by atoms with Gasteiger partial charge in [-0.05, 0) is 43.3 Å². The van der Waals surface area contributed by atoms with Crippen molar-refractivity contribution in [1.82, 2.24) is 9.97 Å². The van der Waals surface area contributed by atoms with E-state index in [1.54, 1.807) is 6.20 Å². The Kier molecular flexibility index (Phi) is 4.73. The van der Waals surface area contributed by atoms with Crippen molar-refractivity contribution in [2.75, 3.05) is 5.73 Å². The van der Waals surface area contributed by atoms with Gasteiger partial charge in [0.25, 0.3) is 0 Å². The standard InChI is InChI=1S/C16H29N3OSi/c1-16(2,21(3,4)20)9-12-6-5-7-13(8-12)14-10-19-15(17)11-18-14/h10-13,20H,5-9H2,1-4H3,(H2,17,19). The van der Waals surface area contributed by atoms with Gasteiger partial charge in [0.1, 0.15) is 5.82 Å². The predicted octanol–water partition coefficient (Wildman–Crippen LogP) is 3.70. The zero-order valence-electron chi connectivity index (χ0n) is 13.8. The molecule has 1 saturated carbocycles. The van der Waals surface area contributed by atoms with E-state index in [0.717, 1.165) is 18.5 Å². The third-order valence-electron chi connectivity index (χ3n) is 5.35. The second-order valence-corrected chi connectivity index (χ2v) is 12.2. The lowest BCUT2D eigenvalue weighted by Gasteiger charge is -2.40. The van der Waals surface area contributed by atoms with Crippen LogP contribution in [0.15, 0.2) is 12.4 Å². The molecule has 1 aromatic rings. The number of nitrogens with two attached hydrogens (primary N) is 1. The van der Waals surface area contributed by atoms with Gasteiger partial charge in [-0.25, -0.2) is 4.98 Å². The summed E-state index contributed by atoms with van der Waals surface area (Å²) < 4.78 is 0. The van der Waals surface area contributed by atoms with Crippen molar-refractivity contribution in [3.05, 3.63) is 18.1 Å². The lowest BCUT2D eigenvalue weighted by Crippen LogP contribution is -2.40. The Morgan fingerprint density at radius 3 is 2.57 bits per heavy atom. The van der Waals surface area contributed by atoms with Crippen LogP contribution in [0.1, 0.15) is 57.6 Å². The molecule has 1 heterocycles. The van der Waals surface area contributed by atoms with Crippen molar-refractivity contribution in [2.24, 2.45) is 5.92 Å². The summed E-state index contributed by atoms with van der Waals surface area (Å²) in [6, 6.07) is 0. The molecular formula is C16H29N3OSi. The number of hydrogen-bond donors (Lipinski definition) is 2. The first-order valence-corrected chi connectivity index (χ1v) is 10.9. The van der Waals surface area contributed by atoms with E-state index in [9.17, 15) is 4.80 Å². The van der Waals surface area contributed by atoms with Crippen LogP contribution in [0, 0.1) is 5.92 Å². The second-order valence-electron chi connectivity index (χ2n) is 7.74. The summed E-state index contributed by atoms with van der Waals surface area (Å²) in [7, 11) is -2.12. The average molecular weight is 308 g/mol. The monoisotopic (exact) mass is 307 g/mol. The maximum atomic E-state index is 10.5. The van der Waals surface area contributed by atoms with Gasteiger partial charge in [0.15, 0.2) is 8.32 Å². The molecule has 0 spiro atoms. The number of anilines is 1. The topological polar surface area (TPSA) is 72.0 Å². The van der Waals surface area contributed by atoms with Crippen LogP contribution in [0.3, 0.4) is 0 Å². The summed E-state index contributed by atoms with van der Waals surface area (Å²) in [5.74, 6) is 1.66. The number of aromatic nitrogens is 2. The van der Waals surface area contributed by atoms with Crippen molar-refractivity contribution < 1.29 is 4.80 Å². The third-order valence-corrected chi connectivity index (χ3v) is 8.86. The van der Waals surface area contributed by atoms with Crippen LogP contribution < -0.4 is 5.73 Å². The van der Waals surface area contributed by atoms with Crippen LogP contribution in [0.25, 0.3) is 0 Å². The van der Waals surface area contributed by atoms with Crippen molar-refractivity contribution in [3.63, 3.8) is 0 Å². The van der Waals surface area contributed by atoms with E-state index < -0.39 is 8.32 Å². The lowest BCUT2D eigenvalue weighted by atomic mass is 9.76. The molecule has 2 unspecified atom stereocenters. The molecule has 118 valence electrons. The Hall–Kier alpha value is -0.943. The van der Waals surface area contributed by atoms with Gasteiger partial charge in [0.2, 0.25) is 0 Å². The summed E-state index contributed by atoms with van der Waals surface area (Å²) in [6.45, 7) is 8.56. The number of nitrogen functional groups attached to an aromatic ring is 1. The Bertz CT molecular complexity index is 467. The molecule has 5 heteroatoms. The zero-order chi connectivity index (χ0) is 15.7. The van der Waals surface area contributed by atoms with E-state index in [0.29, 0.717) is 17.7 Å². The minimum absolute atomic E-state index is 0.0619. The SMILES string of the molecule is CC(C)(CC1CCCC(c2cnc(N)cn2)C1)[Si](C)(C)O. The van der Waals surface area contributed by atoms with Crippen LogP contribution in [0.2, 0.25) is 18.1 Å². The Labute approximate surface area is 129 Å². The molecule has 0 saturated heterocycles. The molecule has 21 heavy (non-hydrogen) atoms. The fourth-order valence-corrected chi connectivity index (χ4v) is 4.06. The van der Waals surface area contributed by atoms with Gasteiger partial charge in [-0.15, -0.1) is 0 Å². The lowest BCUT2D eigenvalue weighted by molar-refractivity contribution is 0.269. The molecular weight excluding hydrogens is 278 g/mol. The van der Waals surface area contributed by atoms with E-state index in [4.69, 9.17) is 5.73 Å². The highest BCUT2D eigenvalue weighted by Crippen LogP contribution is 2.47. The Morgan fingerprint density at radius 1 is 1.29 bits per heavy atom. The van der Waals surface area contributed by atoms with Crippen LogP contribution in [-0.4, -0.2) is 23.1 Å².